The minimum absolute atomic E-state index is 0.147. The van der Waals surface area contributed by atoms with E-state index in [-0.39, 0.29) is 11.4 Å². The van der Waals surface area contributed by atoms with E-state index in [1.165, 1.54) is 16.5 Å². The molecule has 0 aliphatic carbocycles. The van der Waals surface area contributed by atoms with Gasteiger partial charge in [0.2, 0.25) is 0 Å². The van der Waals surface area contributed by atoms with Gasteiger partial charge in [-0.3, -0.25) is 10.1 Å². The number of fused-ring (bicyclic) bond motifs is 3. The van der Waals surface area contributed by atoms with Crippen molar-refractivity contribution in [3.8, 4) is 17.1 Å². The van der Waals surface area contributed by atoms with Gasteiger partial charge in [0.25, 0.3) is 0 Å². The van der Waals surface area contributed by atoms with Crippen molar-refractivity contribution in [1.29, 1.82) is 0 Å². The monoisotopic (exact) mass is 268 g/mol. The van der Waals surface area contributed by atoms with Gasteiger partial charge in [0, 0.05) is 5.56 Å². The van der Waals surface area contributed by atoms with Crippen molar-refractivity contribution in [2.75, 3.05) is 0 Å². The Morgan fingerprint density at radius 3 is 2.75 bits per heavy atom. The molecule has 0 radical (unpaired) electrons. The zero-order valence-electron chi connectivity index (χ0n) is 10.0. The van der Waals surface area contributed by atoms with Crippen LogP contribution >= 0.6 is 0 Å². The number of benzene rings is 1. The van der Waals surface area contributed by atoms with Gasteiger partial charge >= 0.3 is 5.69 Å². The molecule has 98 valence electrons. The summed E-state index contributed by atoms with van der Waals surface area (Å²) in [6, 6.07) is 6.40. The number of aromatic nitrogens is 6. The van der Waals surface area contributed by atoms with E-state index in [0.29, 0.717) is 28.1 Å². The number of rotatable bonds is 1. The molecule has 1 aromatic carbocycles. The first-order valence-electron chi connectivity index (χ1n) is 5.84. The van der Waals surface area contributed by atoms with Crippen LogP contribution in [0.2, 0.25) is 0 Å². The Bertz CT molecular complexity index is 979. The molecule has 3 N–H and O–H groups in total. The second kappa shape index (κ2) is 3.67. The molecule has 8 heteroatoms. The fourth-order valence-corrected chi connectivity index (χ4v) is 2.16. The highest BCUT2D eigenvalue weighted by Gasteiger charge is 2.14. The first-order valence-corrected chi connectivity index (χ1v) is 5.84. The first kappa shape index (κ1) is 10.7. The van der Waals surface area contributed by atoms with Gasteiger partial charge in [0.1, 0.15) is 11.4 Å². The molecule has 20 heavy (non-hydrogen) atoms. The highest BCUT2D eigenvalue weighted by Crippen LogP contribution is 2.21. The fraction of sp³-hybridized carbons (Fsp3) is 0. The Labute approximate surface area is 110 Å². The normalized spacial score (nSPS) is 11.4. The lowest BCUT2D eigenvalue weighted by Gasteiger charge is -1.99. The van der Waals surface area contributed by atoms with E-state index >= 15 is 0 Å². The highest BCUT2D eigenvalue weighted by molar-refractivity contribution is 5.88. The van der Waals surface area contributed by atoms with Gasteiger partial charge in [-0.05, 0) is 24.3 Å². The summed E-state index contributed by atoms with van der Waals surface area (Å²) < 4.78 is 1.38. The van der Waals surface area contributed by atoms with Crippen LogP contribution in [0.25, 0.3) is 28.1 Å². The molecule has 0 saturated carbocycles. The molecule has 0 fully saturated rings. The largest absolute Gasteiger partial charge is 0.508 e. The van der Waals surface area contributed by atoms with Gasteiger partial charge in [0.05, 0.1) is 11.6 Å². The van der Waals surface area contributed by atoms with E-state index < -0.39 is 0 Å². The van der Waals surface area contributed by atoms with Crippen molar-refractivity contribution in [2.24, 2.45) is 0 Å². The zero-order chi connectivity index (χ0) is 13.7. The van der Waals surface area contributed by atoms with Crippen LogP contribution in [0, 0.1) is 0 Å². The molecule has 4 aromatic rings. The number of phenols is 1. The van der Waals surface area contributed by atoms with Crippen LogP contribution in [0.4, 0.5) is 0 Å². The van der Waals surface area contributed by atoms with Crippen LogP contribution in [0.15, 0.2) is 35.3 Å². The quantitative estimate of drug-likeness (QED) is 0.469. The Morgan fingerprint density at radius 1 is 1.15 bits per heavy atom. The number of aromatic hydroxyl groups is 1. The molecule has 0 spiro atoms. The second-order valence-electron chi connectivity index (χ2n) is 4.32. The van der Waals surface area contributed by atoms with E-state index in [4.69, 9.17) is 0 Å². The maximum atomic E-state index is 12.1. The Balaban J connectivity index is 2.11. The standard InChI is InChI=1S/C12H8N6O2/c19-7-3-1-6(2-4-7)10-16-17-11-8-5-13-15-9(8)14-12(20)18(10)11/h1-5,19H,(H2,13,14,15,20). The maximum Gasteiger partial charge on any atom is 0.334 e. The topological polar surface area (TPSA) is 112 Å². The smallest absolute Gasteiger partial charge is 0.334 e. The molecular weight excluding hydrogens is 260 g/mol. The Kier molecular flexibility index (Phi) is 1.97. The molecule has 0 aliphatic heterocycles. The third-order valence-corrected chi connectivity index (χ3v) is 3.10. The lowest BCUT2D eigenvalue weighted by atomic mass is 10.2. The van der Waals surface area contributed by atoms with E-state index in [1.54, 1.807) is 18.3 Å². The minimum atomic E-state index is -0.357. The van der Waals surface area contributed by atoms with Crippen molar-refractivity contribution >= 4 is 16.7 Å². The maximum absolute atomic E-state index is 12.1. The summed E-state index contributed by atoms with van der Waals surface area (Å²) in [5, 5.41) is 24.7. The fourth-order valence-electron chi connectivity index (χ4n) is 2.16. The number of aromatic amines is 2. The summed E-state index contributed by atoms with van der Waals surface area (Å²) in [5.74, 6) is 0.554. The first-order chi connectivity index (χ1) is 9.74. The lowest BCUT2D eigenvalue weighted by molar-refractivity contribution is 0.475. The summed E-state index contributed by atoms with van der Waals surface area (Å²) >= 11 is 0. The molecule has 0 aliphatic rings. The van der Waals surface area contributed by atoms with Crippen LogP contribution in [-0.4, -0.2) is 34.9 Å². The van der Waals surface area contributed by atoms with Crippen molar-refractivity contribution in [3.63, 3.8) is 0 Å². The molecule has 0 atom stereocenters. The van der Waals surface area contributed by atoms with Gasteiger partial charge in [-0.2, -0.15) is 5.10 Å². The molecular formula is C12H8N6O2. The molecule has 3 heterocycles. The number of H-pyrrole nitrogens is 2. The predicted octanol–water partition coefficient (Wildman–Crippen LogP) is 0.666. The molecule has 4 rings (SSSR count). The average molecular weight is 268 g/mol. The van der Waals surface area contributed by atoms with Crippen molar-refractivity contribution in [3.05, 3.63) is 40.9 Å². The molecule has 0 amide bonds. The number of nitrogens with one attached hydrogen (secondary N) is 2. The van der Waals surface area contributed by atoms with Crippen LogP contribution < -0.4 is 5.69 Å². The lowest BCUT2D eigenvalue weighted by Crippen LogP contribution is -2.17. The highest BCUT2D eigenvalue weighted by atomic mass is 16.3. The molecule has 0 saturated heterocycles. The van der Waals surface area contributed by atoms with Crippen LogP contribution in [-0.2, 0) is 0 Å². The molecule has 0 unspecified atom stereocenters. The van der Waals surface area contributed by atoms with Crippen molar-refractivity contribution in [1.82, 2.24) is 29.8 Å². The molecule has 8 nitrogen and oxygen atoms in total. The minimum Gasteiger partial charge on any atom is -0.508 e. The van der Waals surface area contributed by atoms with E-state index in [2.05, 4.69) is 25.4 Å². The predicted molar refractivity (Wildman–Crippen MR) is 70.4 cm³/mol. The SMILES string of the molecule is O=c1[nH]c2[nH]ncc2c2nnc(-c3ccc(O)cc3)n12. The summed E-state index contributed by atoms with van der Waals surface area (Å²) in [6.07, 6.45) is 1.58. The zero-order valence-corrected chi connectivity index (χ0v) is 10.0. The molecule has 3 aromatic heterocycles. The van der Waals surface area contributed by atoms with E-state index in [0.717, 1.165) is 0 Å². The summed E-state index contributed by atoms with van der Waals surface area (Å²) in [7, 11) is 0. The summed E-state index contributed by atoms with van der Waals surface area (Å²) in [4.78, 5) is 14.8. The van der Waals surface area contributed by atoms with Gasteiger partial charge in [0.15, 0.2) is 11.5 Å². The number of hydrogen-bond acceptors (Lipinski definition) is 5. The third kappa shape index (κ3) is 1.35. The van der Waals surface area contributed by atoms with Crippen LogP contribution in [0.3, 0.4) is 0 Å². The van der Waals surface area contributed by atoms with Gasteiger partial charge in [-0.15, -0.1) is 10.2 Å². The van der Waals surface area contributed by atoms with Crippen LogP contribution in [0.5, 0.6) is 5.75 Å². The van der Waals surface area contributed by atoms with Crippen molar-refractivity contribution < 1.29 is 5.11 Å². The average Bonchev–Trinajstić information content (AvgIpc) is 3.05. The second-order valence-corrected chi connectivity index (χ2v) is 4.32. The van der Waals surface area contributed by atoms with Gasteiger partial charge in [-0.1, -0.05) is 0 Å². The summed E-state index contributed by atoms with van der Waals surface area (Å²) in [6.45, 7) is 0. The van der Waals surface area contributed by atoms with Crippen LogP contribution in [0.1, 0.15) is 0 Å². The third-order valence-electron chi connectivity index (χ3n) is 3.10. The Morgan fingerprint density at radius 2 is 1.95 bits per heavy atom. The number of nitrogens with zero attached hydrogens (tertiary/aromatic N) is 4. The van der Waals surface area contributed by atoms with Gasteiger partial charge < -0.3 is 5.11 Å². The van der Waals surface area contributed by atoms with Gasteiger partial charge in [-0.25, -0.2) is 9.20 Å². The van der Waals surface area contributed by atoms with Crippen molar-refractivity contribution in [2.45, 2.75) is 0 Å². The summed E-state index contributed by atoms with van der Waals surface area (Å²) in [5.41, 5.74) is 1.27. The van der Waals surface area contributed by atoms with E-state index in [9.17, 15) is 9.90 Å². The molecule has 0 bridgehead atoms. The van der Waals surface area contributed by atoms with E-state index in [1.807, 2.05) is 0 Å². The number of hydrogen-bond donors (Lipinski definition) is 3. The Hall–Kier alpha value is -3.16. The number of phenolic OH excluding ortho intramolecular Hbond substituents is 1.